The standard InChI is InChI=1S/C23H47/c1-3-5-7-9-11-13-15-17-19-21-23-22-20-18-16-14-12-10-8-6-4-2/h17H,3-16,18-23H2,1-2H3. The third kappa shape index (κ3) is 22.0. The summed E-state index contributed by atoms with van der Waals surface area (Å²) >= 11 is 0. The molecule has 0 bridgehead atoms. The average Bonchev–Trinajstić information content (AvgIpc) is 2.57. The molecule has 0 aliphatic carbocycles. The van der Waals surface area contributed by atoms with Crippen LogP contribution in [0.1, 0.15) is 142 Å². The van der Waals surface area contributed by atoms with Crippen molar-refractivity contribution in [3.63, 3.8) is 0 Å². The lowest BCUT2D eigenvalue weighted by Gasteiger charge is -2.03. The van der Waals surface area contributed by atoms with E-state index in [0.717, 1.165) is 0 Å². The second kappa shape index (κ2) is 22.0. The molecule has 0 N–H and O–H groups in total. The summed E-state index contributed by atoms with van der Waals surface area (Å²) < 4.78 is 0. The van der Waals surface area contributed by atoms with E-state index in [1.165, 1.54) is 128 Å². The molecule has 0 aromatic carbocycles. The van der Waals surface area contributed by atoms with Gasteiger partial charge in [0.1, 0.15) is 0 Å². The minimum Gasteiger partial charge on any atom is -0.0654 e. The summed E-state index contributed by atoms with van der Waals surface area (Å²) in [6.07, 6.45) is 31.4. The van der Waals surface area contributed by atoms with Crippen molar-refractivity contribution in [3.8, 4) is 0 Å². The molecule has 0 fully saturated rings. The predicted octanol–water partition coefficient (Wildman–Crippen LogP) is 9.03. The first kappa shape index (κ1) is 23.0. The van der Waals surface area contributed by atoms with Crippen molar-refractivity contribution in [3.05, 3.63) is 6.42 Å². The second-order valence-corrected chi connectivity index (χ2v) is 7.52. The zero-order valence-corrected chi connectivity index (χ0v) is 16.7. The first-order valence-electron chi connectivity index (χ1n) is 11.2. The molecule has 0 amide bonds. The molecule has 0 saturated carbocycles. The van der Waals surface area contributed by atoms with Gasteiger partial charge in [0.2, 0.25) is 0 Å². The van der Waals surface area contributed by atoms with Gasteiger partial charge >= 0.3 is 0 Å². The Balaban J connectivity index is 2.92. The van der Waals surface area contributed by atoms with Gasteiger partial charge in [-0.05, 0) is 6.42 Å². The summed E-state index contributed by atoms with van der Waals surface area (Å²) in [4.78, 5) is 0. The van der Waals surface area contributed by atoms with E-state index in [1.54, 1.807) is 0 Å². The molecular weight excluding hydrogens is 276 g/mol. The molecule has 0 unspecified atom stereocenters. The van der Waals surface area contributed by atoms with Gasteiger partial charge in [0.15, 0.2) is 0 Å². The van der Waals surface area contributed by atoms with E-state index >= 15 is 0 Å². The highest BCUT2D eigenvalue weighted by atomic mass is 14.0. The highest BCUT2D eigenvalue weighted by molar-refractivity contribution is 4.64. The average molecular weight is 324 g/mol. The highest BCUT2D eigenvalue weighted by Crippen LogP contribution is 2.14. The zero-order chi connectivity index (χ0) is 16.8. The summed E-state index contributed by atoms with van der Waals surface area (Å²) in [6, 6.07) is 0. The lowest BCUT2D eigenvalue weighted by atomic mass is 10.0. The molecule has 23 heavy (non-hydrogen) atoms. The van der Waals surface area contributed by atoms with Gasteiger partial charge in [0, 0.05) is 0 Å². The van der Waals surface area contributed by atoms with Gasteiger partial charge in [-0.2, -0.15) is 0 Å². The molecule has 0 aliphatic rings. The Morgan fingerprint density at radius 1 is 0.348 bits per heavy atom. The Morgan fingerprint density at radius 2 is 0.609 bits per heavy atom. The first-order chi connectivity index (χ1) is 11.4. The monoisotopic (exact) mass is 323 g/mol. The molecule has 139 valence electrons. The van der Waals surface area contributed by atoms with Crippen LogP contribution in [0.5, 0.6) is 0 Å². The quantitative estimate of drug-likeness (QED) is 0.196. The van der Waals surface area contributed by atoms with Gasteiger partial charge in [-0.1, -0.05) is 142 Å². The zero-order valence-electron chi connectivity index (χ0n) is 16.7. The van der Waals surface area contributed by atoms with Crippen LogP contribution in [0.15, 0.2) is 0 Å². The molecule has 0 saturated heterocycles. The van der Waals surface area contributed by atoms with Crippen molar-refractivity contribution in [1.82, 2.24) is 0 Å². The minimum atomic E-state index is 1.37. The SMILES string of the molecule is CCCCCCCC[CH]CCCCCCCCCCCCCC. The second-order valence-electron chi connectivity index (χ2n) is 7.52. The normalized spacial score (nSPS) is 11.2. The summed E-state index contributed by atoms with van der Waals surface area (Å²) in [7, 11) is 0. The third-order valence-electron chi connectivity index (χ3n) is 5.02. The van der Waals surface area contributed by atoms with Crippen molar-refractivity contribution < 1.29 is 0 Å². The Labute approximate surface area is 149 Å². The van der Waals surface area contributed by atoms with Gasteiger partial charge in [-0.3, -0.25) is 0 Å². The Bertz CT molecular complexity index is 164. The van der Waals surface area contributed by atoms with Crippen LogP contribution >= 0.6 is 0 Å². The Morgan fingerprint density at radius 3 is 0.913 bits per heavy atom. The van der Waals surface area contributed by atoms with Crippen LogP contribution in [-0.4, -0.2) is 0 Å². The number of rotatable bonds is 20. The molecule has 0 spiro atoms. The molecule has 0 atom stereocenters. The van der Waals surface area contributed by atoms with E-state index in [9.17, 15) is 0 Å². The molecule has 0 rings (SSSR count). The van der Waals surface area contributed by atoms with E-state index in [4.69, 9.17) is 0 Å². The van der Waals surface area contributed by atoms with Crippen LogP contribution in [0.2, 0.25) is 0 Å². The number of hydrogen-bond acceptors (Lipinski definition) is 0. The van der Waals surface area contributed by atoms with Crippen LogP contribution in [0.3, 0.4) is 0 Å². The van der Waals surface area contributed by atoms with Crippen molar-refractivity contribution in [2.45, 2.75) is 142 Å². The maximum absolute atomic E-state index is 2.55. The van der Waals surface area contributed by atoms with Crippen molar-refractivity contribution >= 4 is 0 Å². The van der Waals surface area contributed by atoms with E-state index in [-0.39, 0.29) is 0 Å². The van der Waals surface area contributed by atoms with Crippen molar-refractivity contribution in [2.75, 3.05) is 0 Å². The summed E-state index contributed by atoms with van der Waals surface area (Å²) in [6.45, 7) is 4.59. The molecule has 0 aromatic heterocycles. The fourth-order valence-electron chi connectivity index (χ4n) is 3.34. The van der Waals surface area contributed by atoms with Crippen LogP contribution in [0.25, 0.3) is 0 Å². The van der Waals surface area contributed by atoms with E-state index in [2.05, 4.69) is 20.3 Å². The summed E-state index contributed by atoms with van der Waals surface area (Å²) in [5, 5.41) is 0. The van der Waals surface area contributed by atoms with Crippen LogP contribution in [0, 0.1) is 6.42 Å². The fourth-order valence-corrected chi connectivity index (χ4v) is 3.34. The van der Waals surface area contributed by atoms with Crippen LogP contribution in [0.4, 0.5) is 0 Å². The number of hydrogen-bond donors (Lipinski definition) is 0. The van der Waals surface area contributed by atoms with Gasteiger partial charge < -0.3 is 0 Å². The lowest BCUT2D eigenvalue weighted by Crippen LogP contribution is -1.84. The Hall–Kier alpha value is 0. The van der Waals surface area contributed by atoms with E-state index < -0.39 is 0 Å². The minimum absolute atomic E-state index is 1.37. The first-order valence-corrected chi connectivity index (χ1v) is 11.2. The topological polar surface area (TPSA) is 0 Å². The van der Waals surface area contributed by atoms with Gasteiger partial charge in [-0.15, -0.1) is 0 Å². The molecular formula is C23H47. The third-order valence-corrected chi connectivity index (χ3v) is 5.02. The van der Waals surface area contributed by atoms with Crippen molar-refractivity contribution in [1.29, 1.82) is 0 Å². The van der Waals surface area contributed by atoms with Crippen LogP contribution < -0.4 is 0 Å². The fraction of sp³-hybridized carbons (Fsp3) is 0.957. The molecule has 0 heteroatoms. The van der Waals surface area contributed by atoms with Crippen molar-refractivity contribution in [2.24, 2.45) is 0 Å². The molecule has 1 radical (unpaired) electrons. The lowest BCUT2D eigenvalue weighted by molar-refractivity contribution is 0.541. The summed E-state index contributed by atoms with van der Waals surface area (Å²) in [5.41, 5.74) is 0. The number of unbranched alkanes of at least 4 members (excludes halogenated alkanes) is 20. The van der Waals surface area contributed by atoms with Crippen LogP contribution in [-0.2, 0) is 0 Å². The largest absolute Gasteiger partial charge is 0.0654 e. The summed E-state index contributed by atoms with van der Waals surface area (Å²) in [5.74, 6) is 0. The smallest absolute Gasteiger partial charge is 0.0386 e. The predicted molar refractivity (Wildman–Crippen MR) is 108 cm³/mol. The maximum atomic E-state index is 2.55. The maximum Gasteiger partial charge on any atom is -0.0386 e. The Kier molecular flexibility index (Phi) is 22.0. The van der Waals surface area contributed by atoms with Gasteiger partial charge in [0.25, 0.3) is 0 Å². The van der Waals surface area contributed by atoms with Gasteiger partial charge in [0.05, 0.1) is 0 Å². The van der Waals surface area contributed by atoms with E-state index in [0.29, 0.717) is 0 Å². The van der Waals surface area contributed by atoms with Gasteiger partial charge in [-0.25, -0.2) is 0 Å². The molecule has 0 nitrogen and oxygen atoms in total. The molecule has 0 heterocycles. The molecule has 0 aromatic rings. The van der Waals surface area contributed by atoms with E-state index in [1.807, 2.05) is 0 Å². The highest BCUT2D eigenvalue weighted by Gasteiger charge is 1.95. The molecule has 0 aliphatic heterocycles.